The molecule has 2 aromatic carbocycles. The number of benzene rings is 2. The highest BCUT2D eigenvalue weighted by Gasteiger charge is 2.43. The molecule has 8 heteroatoms. The summed E-state index contributed by atoms with van der Waals surface area (Å²) in [5.41, 5.74) is 1.02. The van der Waals surface area contributed by atoms with E-state index < -0.39 is 17.2 Å². The lowest BCUT2D eigenvalue weighted by Crippen LogP contribution is -2.46. The van der Waals surface area contributed by atoms with Crippen LogP contribution in [0.25, 0.3) is 5.69 Å². The molecule has 0 saturated carbocycles. The second-order valence-corrected chi connectivity index (χ2v) is 8.78. The summed E-state index contributed by atoms with van der Waals surface area (Å²) in [6.07, 6.45) is 0.688. The summed E-state index contributed by atoms with van der Waals surface area (Å²) >= 11 is 0. The molecule has 0 aliphatic carbocycles. The van der Waals surface area contributed by atoms with Crippen LogP contribution in [0.5, 0.6) is 0 Å². The van der Waals surface area contributed by atoms with E-state index in [4.69, 9.17) is 4.74 Å². The van der Waals surface area contributed by atoms with E-state index >= 15 is 0 Å². The second kappa shape index (κ2) is 10.0. The van der Waals surface area contributed by atoms with Crippen LogP contribution in [0, 0.1) is 5.41 Å². The number of hydrogen-bond donors (Lipinski definition) is 0. The maximum Gasteiger partial charge on any atom is 0.416 e. The predicted molar refractivity (Wildman–Crippen MR) is 122 cm³/mol. The van der Waals surface area contributed by atoms with Crippen LogP contribution in [0.2, 0.25) is 0 Å². The van der Waals surface area contributed by atoms with Crippen LogP contribution >= 0.6 is 0 Å². The van der Waals surface area contributed by atoms with E-state index in [1.165, 1.54) is 6.07 Å². The maximum absolute atomic E-state index is 13.2. The fourth-order valence-corrected chi connectivity index (χ4v) is 4.55. The lowest BCUT2D eigenvalue weighted by atomic mass is 9.73. The van der Waals surface area contributed by atoms with Gasteiger partial charge in [0.15, 0.2) is 0 Å². The van der Waals surface area contributed by atoms with Crippen LogP contribution in [-0.2, 0) is 28.7 Å². The van der Waals surface area contributed by atoms with E-state index in [1.807, 2.05) is 47.4 Å². The number of hydrogen-bond acceptors (Lipinski definition) is 4. The number of para-hydroxylation sites is 1. The average Bonchev–Trinajstić information content (AvgIpc) is 3.29. The number of halogens is 3. The van der Waals surface area contributed by atoms with Crippen LogP contribution in [0.4, 0.5) is 13.2 Å². The maximum atomic E-state index is 13.2. The van der Waals surface area contributed by atoms with E-state index in [0.29, 0.717) is 38.0 Å². The molecular formula is C26H28F3N3O2. The number of nitrogens with zero attached hydrogens (tertiary/aromatic N) is 3. The molecule has 2 heterocycles. The zero-order valence-electron chi connectivity index (χ0n) is 19.1. The molecule has 1 saturated heterocycles. The number of piperidine rings is 1. The number of likely N-dealkylation sites (tertiary alicyclic amines) is 1. The molecule has 34 heavy (non-hydrogen) atoms. The van der Waals surface area contributed by atoms with Crippen molar-refractivity contribution in [2.75, 3.05) is 19.7 Å². The molecule has 3 aromatic rings. The first-order chi connectivity index (χ1) is 16.3. The van der Waals surface area contributed by atoms with Crippen molar-refractivity contribution in [1.82, 2.24) is 14.7 Å². The number of carbonyl (C=O) groups excluding carboxylic acids is 1. The normalized spacial score (nSPS) is 16.4. The number of alkyl halides is 3. The predicted octanol–water partition coefficient (Wildman–Crippen LogP) is 5.28. The van der Waals surface area contributed by atoms with Crippen LogP contribution in [-0.4, -0.2) is 40.3 Å². The first-order valence-corrected chi connectivity index (χ1v) is 11.4. The van der Waals surface area contributed by atoms with Crippen molar-refractivity contribution >= 4 is 5.97 Å². The molecule has 0 amide bonds. The van der Waals surface area contributed by atoms with Crippen molar-refractivity contribution in [3.8, 4) is 5.69 Å². The minimum Gasteiger partial charge on any atom is -0.466 e. The number of ether oxygens (including phenoxy) is 1. The summed E-state index contributed by atoms with van der Waals surface area (Å²) in [5, 5.41) is 4.44. The van der Waals surface area contributed by atoms with Crippen molar-refractivity contribution in [2.45, 2.75) is 38.9 Å². The van der Waals surface area contributed by atoms with Crippen molar-refractivity contribution in [3.05, 3.63) is 83.7 Å². The average molecular weight is 472 g/mol. The number of aromatic nitrogens is 2. The van der Waals surface area contributed by atoms with Gasteiger partial charge in [0.05, 0.1) is 29.5 Å². The molecule has 180 valence electrons. The zero-order chi connectivity index (χ0) is 24.2. The highest BCUT2D eigenvalue weighted by molar-refractivity contribution is 5.77. The molecule has 5 nitrogen and oxygen atoms in total. The molecule has 0 unspecified atom stereocenters. The molecule has 0 bridgehead atoms. The number of rotatable bonds is 7. The summed E-state index contributed by atoms with van der Waals surface area (Å²) in [4.78, 5) is 15.2. The van der Waals surface area contributed by atoms with E-state index in [0.717, 1.165) is 23.4 Å². The van der Waals surface area contributed by atoms with E-state index in [-0.39, 0.29) is 19.0 Å². The third-order valence-corrected chi connectivity index (χ3v) is 6.38. The molecule has 0 radical (unpaired) electrons. The third kappa shape index (κ3) is 5.50. The van der Waals surface area contributed by atoms with Gasteiger partial charge in [-0.3, -0.25) is 9.69 Å². The van der Waals surface area contributed by atoms with Crippen LogP contribution in [0.1, 0.15) is 36.5 Å². The lowest BCUT2D eigenvalue weighted by molar-refractivity contribution is -0.158. The Bertz CT molecular complexity index is 1100. The molecule has 1 aliphatic heterocycles. The van der Waals surface area contributed by atoms with Crippen molar-refractivity contribution < 1.29 is 22.7 Å². The fraction of sp³-hybridized carbons (Fsp3) is 0.385. The standard InChI is InChI=1S/C26H28F3N3O2/c1-2-34-24(33)25(16-20-7-6-8-22(15-20)26(27,28)29)11-13-31(14-12-25)18-21-17-30-32(19-21)23-9-4-3-5-10-23/h3-10,15,17,19H,2,11-14,16,18H2,1H3. The van der Waals surface area contributed by atoms with E-state index in [9.17, 15) is 18.0 Å². The molecule has 1 aromatic heterocycles. The lowest BCUT2D eigenvalue weighted by Gasteiger charge is -2.40. The topological polar surface area (TPSA) is 47.4 Å². The summed E-state index contributed by atoms with van der Waals surface area (Å²) in [5.74, 6) is -0.330. The number of esters is 1. The van der Waals surface area contributed by atoms with Crippen LogP contribution in [0.15, 0.2) is 67.0 Å². The molecule has 1 aliphatic rings. The first kappa shape index (κ1) is 24.0. The monoisotopic (exact) mass is 471 g/mol. The van der Waals surface area contributed by atoms with Gasteiger partial charge in [-0.1, -0.05) is 36.4 Å². The summed E-state index contributed by atoms with van der Waals surface area (Å²) < 4.78 is 46.7. The Balaban J connectivity index is 1.45. The Labute approximate surface area is 197 Å². The SMILES string of the molecule is CCOC(=O)C1(Cc2cccc(C(F)(F)F)c2)CCN(Cc2cnn(-c3ccccc3)c2)CC1. The van der Waals surface area contributed by atoms with Crippen molar-refractivity contribution in [1.29, 1.82) is 0 Å². The third-order valence-electron chi connectivity index (χ3n) is 6.38. The van der Waals surface area contributed by atoms with Gasteiger partial charge in [0, 0.05) is 18.3 Å². The summed E-state index contributed by atoms with van der Waals surface area (Å²) in [7, 11) is 0. The molecule has 0 atom stereocenters. The minimum atomic E-state index is -4.42. The van der Waals surface area contributed by atoms with Crippen LogP contribution < -0.4 is 0 Å². The molecule has 1 fully saturated rings. The van der Waals surface area contributed by atoms with Gasteiger partial charge in [-0.05, 0) is 63.0 Å². The van der Waals surface area contributed by atoms with E-state index in [1.54, 1.807) is 13.0 Å². The Kier molecular flexibility index (Phi) is 7.07. The second-order valence-electron chi connectivity index (χ2n) is 8.78. The van der Waals surface area contributed by atoms with Gasteiger partial charge in [-0.25, -0.2) is 4.68 Å². The fourth-order valence-electron chi connectivity index (χ4n) is 4.55. The Hall–Kier alpha value is -3.13. The Morgan fingerprint density at radius 3 is 2.47 bits per heavy atom. The molecular weight excluding hydrogens is 443 g/mol. The van der Waals surface area contributed by atoms with Gasteiger partial charge in [0.1, 0.15) is 0 Å². The Morgan fingerprint density at radius 1 is 1.06 bits per heavy atom. The summed E-state index contributed by atoms with van der Waals surface area (Å²) in [6.45, 7) is 3.97. The van der Waals surface area contributed by atoms with Gasteiger partial charge in [-0.2, -0.15) is 18.3 Å². The highest BCUT2D eigenvalue weighted by atomic mass is 19.4. The van der Waals surface area contributed by atoms with Gasteiger partial charge >= 0.3 is 12.1 Å². The van der Waals surface area contributed by atoms with Gasteiger partial charge in [0.25, 0.3) is 0 Å². The van der Waals surface area contributed by atoms with Crippen molar-refractivity contribution in [3.63, 3.8) is 0 Å². The van der Waals surface area contributed by atoms with Gasteiger partial charge < -0.3 is 4.74 Å². The quantitative estimate of drug-likeness (QED) is 0.440. The van der Waals surface area contributed by atoms with Gasteiger partial charge in [-0.15, -0.1) is 0 Å². The molecule has 0 spiro atoms. The number of carbonyl (C=O) groups is 1. The van der Waals surface area contributed by atoms with Crippen LogP contribution in [0.3, 0.4) is 0 Å². The molecule has 0 N–H and O–H groups in total. The van der Waals surface area contributed by atoms with Crippen molar-refractivity contribution in [2.24, 2.45) is 5.41 Å². The first-order valence-electron chi connectivity index (χ1n) is 11.4. The van der Waals surface area contributed by atoms with E-state index in [2.05, 4.69) is 10.00 Å². The highest BCUT2D eigenvalue weighted by Crippen LogP contribution is 2.38. The minimum absolute atomic E-state index is 0.232. The zero-order valence-corrected chi connectivity index (χ0v) is 19.1. The van der Waals surface area contributed by atoms with Gasteiger partial charge in [0.2, 0.25) is 0 Å². The summed E-state index contributed by atoms with van der Waals surface area (Å²) in [6, 6.07) is 15.1. The Morgan fingerprint density at radius 2 is 1.79 bits per heavy atom. The largest absolute Gasteiger partial charge is 0.466 e. The smallest absolute Gasteiger partial charge is 0.416 e. The molecule has 4 rings (SSSR count).